The van der Waals surface area contributed by atoms with E-state index in [0.717, 1.165) is 0 Å². The van der Waals surface area contributed by atoms with Crippen molar-refractivity contribution in [2.24, 2.45) is 16.5 Å². The largest absolute Gasteiger partial charge is 0.480 e. The highest BCUT2D eigenvalue weighted by Crippen LogP contribution is 2.14. The number of hydrazine groups is 1. The molecule has 2 rings (SSSR count). The fraction of sp³-hybridized carbons (Fsp3) is 0.304. The van der Waals surface area contributed by atoms with Crippen LogP contribution in [-0.2, 0) is 27.4 Å². The molecule has 0 aliphatic carbocycles. The molecule has 0 spiro atoms. The summed E-state index contributed by atoms with van der Waals surface area (Å²) in [6.07, 6.45) is -1.36. The zero-order valence-corrected chi connectivity index (χ0v) is 19.4. The van der Waals surface area contributed by atoms with Crippen molar-refractivity contribution < 1.29 is 29.3 Å². The van der Waals surface area contributed by atoms with Crippen molar-refractivity contribution in [2.45, 2.75) is 38.0 Å². The van der Waals surface area contributed by atoms with Crippen LogP contribution in [0.3, 0.4) is 0 Å². The second-order valence-corrected chi connectivity index (χ2v) is 7.67. The van der Waals surface area contributed by atoms with E-state index in [1.54, 1.807) is 60.7 Å². The number of carboxylic acid groups (broad SMARTS) is 1. The summed E-state index contributed by atoms with van der Waals surface area (Å²) in [5.41, 5.74) is 11.7. The Bertz CT molecular complexity index is 1060. The van der Waals surface area contributed by atoms with Crippen molar-refractivity contribution in [2.75, 3.05) is 6.54 Å². The maximum atomic E-state index is 13.3. The molecule has 6 N–H and O–H groups in total. The summed E-state index contributed by atoms with van der Waals surface area (Å²) >= 11 is 0. The lowest BCUT2D eigenvalue weighted by Crippen LogP contribution is -2.56. The number of carbonyl (C=O) groups excluding carboxylic acids is 2. The molecule has 0 aliphatic heterocycles. The third kappa shape index (κ3) is 8.93. The quantitative estimate of drug-likeness (QED) is 0.102. The third-order valence-corrected chi connectivity index (χ3v) is 5.00. The van der Waals surface area contributed by atoms with Gasteiger partial charge in [0.25, 0.3) is 0 Å². The summed E-state index contributed by atoms with van der Waals surface area (Å²) in [7, 11) is 0. The highest BCUT2D eigenvalue weighted by atomic mass is 16.7. The summed E-state index contributed by atoms with van der Waals surface area (Å²) in [5.74, 6) is -3.02. The third-order valence-electron chi connectivity index (χ3n) is 5.00. The minimum absolute atomic E-state index is 0.0168. The summed E-state index contributed by atoms with van der Waals surface area (Å²) in [6.45, 7) is -0.0796. The molecule has 2 atom stereocenters. The Balaban J connectivity index is 2.23. The number of aliphatic imine (C=N–C) groups is 1. The highest BCUT2D eigenvalue weighted by molar-refractivity contribution is 5.88. The number of guanidine groups is 1. The van der Waals surface area contributed by atoms with Gasteiger partial charge in [0.1, 0.15) is 12.6 Å². The number of nitrogens with zero attached hydrogens (tertiary/aromatic N) is 3. The molecular formula is C23H28N6O7. The van der Waals surface area contributed by atoms with E-state index in [9.17, 15) is 29.6 Å². The fourth-order valence-electron chi connectivity index (χ4n) is 3.31. The molecule has 0 fully saturated rings. The molecule has 0 bridgehead atoms. The average Bonchev–Trinajstić information content (AvgIpc) is 2.84. The Kier molecular flexibility index (Phi) is 10.6. The number of hydrogen-bond acceptors (Lipinski definition) is 7. The number of carboxylic acids is 1. The SMILES string of the molecule is NC(N)=NCCCC(C(=O)O)N(C(=O)C(Cc1ccccc1)NC(=O)OCc1ccccc1)[N+](=O)[O-]. The van der Waals surface area contributed by atoms with Crippen LogP contribution in [0.1, 0.15) is 24.0 Å². The Morgan fingerprint density at radius 1 is 1.06 bits per heavy atom. The van der Waals surface area contributed by atoms with Crippen LogP contribution in [0.4, 0.5) is 4.79 Å². The van der Waals surface area contributed by atoms with Crippen LogP contribution in [0.25, 0.3) is 0 Å². The number of benzene rings is 2. The number of amides is 2. The Morgan fingerprint density at radius 3 is 2.17 bits per heavy atom. The van der Waals surface area contributed by atoms with Crippen molar-refractivity contribution in [3.05, 3.63) is 81.9 Å². The Morgan fingerprint density at radius 2 is 1.64 bits per heavy atom. The Labute approximate surface area is 206 Å². The van der Waals surface area contributed by atoms with E-state index in [4.69, 9.17) is 16.2 Å². The van der Waals surface area contributed by atoms with Gasteiger partial charge < -0.3 is 26.6 Å². The van der Waals surface area contributed by atoms with Gasteiger partial charge in [-0.3, -0.25) is 9.79 Å². The second-order valence-electron chi connectivity index (χ2n) is 7.67. The lowest BCUT2D eigenvalue weighted by Gasteiger charge is -2.24. The van der Waals surface area contributed by atoms with E-state index in [0.29, 0.717) is 11.1 Å². The molecule has 192 valence electrons. The van der Waals surface area contributed by atoms with Crippen LogP contribution in [0, 0.1) is 10.1 Å². The van der Waals surface area contributed by atoms with Crippen molar-refractivity contribution in [1.29, 1.82) is 0 Å². The van der Waals surface area contributed by atoms with E-state index in [2.05, 4.69) is 10.3 Å². The maximum Gasteiger partial charge on any atom is 0.408 e. The standard InChI is InChI=1S/C23H28N6O7/c24-22(25)26-13-7-12-19(21(31)32)28(29(34)35)20(30)18(14-16-8-3-1-4-9-16)27-23(33)36-15-17-10-5-2-6-11-17/h1-6,8-11,18-19H,7,12-15H2,(H,27,33)(H,31,32)(H4,24,25,26). The van der Waals surface area contributed by atoms with Crippen molar-refractivity contribution >= 4 is 23.9 Å². The molecule has 2 unspecified atom stereocenters. The van der Waals surface area contributed by atoms with Crippen LogP contribution in [-0.4, -0.2) is 57.7 Å². The molecule has 2 amide bonds. The predicted octanol–water partition coefficient (Wildman–Crippen LogP) is 1.05. The summed E-state index contributed by atoms with van der Waals surface area (Å²) < 4.78 is 5.15. The number of nitro groups is 1. The second kappa shape index (κ2) is 13.9. The lowest BCUT2D eigenvalue weighted by molar-refractivity contribution is -0.640. The number of ether oxygens (including phenoxy) is 1. The minimum Gasteiger partial charge on any atom is -0.480 e. The first kappa shape index (κ1) is 27.6. The molecule has 0 aliphatic rings. The van der Waals surface area contributed by atoms with Gasteiger partial charge in [-0.15, -0.1) is 0 Å². The van der Waals surface area contributed by atoms with Crippen LogP contribution < -0.4 is 16.8 Å². The van der Waals surface area contributed by atoms with Crippen LogP contribution in [0.5, 0.6) is 0 Å². The van der Waals surface area contributed by atoms with Gasteiger partial charge in [-0.25, -0.2) is 19.7 Å². The maximum absolute atomic E-state index is 13.3. The zero-order chi connectivity index (χ0) is 26.5. The predicted molar refractivity (Wildman–Crippen MR) is 129 cm³/mol. The minimum atomic E-state index is -1.82. The summed E-state index contributed by atoms with van der Waals surface area (Å²) in [5, 5.41) is 22.7. The lowest BCUT2D eigenvalue weighted by atomic mass is 10.0. The first-order valence-electron chi connectivity index (χ1n) is 11.0. The number of hydrogen-bond donors (Lipinski definition) is 4. The molecule has 13 heteroatoms. The van der Waals surface area contributed by atoms with Gasteiger partial charge in [-0.2, -0.15) is 0 Å². The van der Waals surface area contributed by atoms with Crippen molar-refractivity contribution in [3.63, 3.8) is 0 Å². The van der Waals surface area contributed by atoms with E-state index >= 15 is 0 Å². The Hall–Kier alpha value is -4.68. The van der Waals surface area contributed by atoms with Gasteiger partial charge in [-0.05, 0) is 29.0 Å². The van der Waals surface area contributed by atoms with E-state index in [-0.39, 0.29) is 43.4 Å². The molecule has 0 aromatic heterocycles. The van der Waals surface area contributed by atoms with E-state index in [1.165, 1.54) is 0 Å². The monoisotopic (exact) mass is 500 g/mol. The fourth-order valence-corrected chi connectivity index (χ4v) is 3.31. The van der Waals surface area contributed by atoms with E-state index in [1.807, 2.05) is 0 Å². The number of nitrogens with two attached hydrogens (primary N) is 2. The van der Waals surface area contributed by atoms with Gasteiger partial charge >= 0.3 is 18.0 Å². The smallest absolute Gasteiger partial charge is 0.408 e. The van der Waals surface area contributed by atoms with Gasteiger partial charge in [0, 0.05) is 13.0 Å². The zero-order valence-electron chi connectivity index (χ0n) is 19.4. The number of nitrogens with one attached hydrogen (secondary N) is 1. The van der Waals surface area contributed by atoms with Gasteiger partial charge in [0.2, 0.25) is 0 Å². The van der Waals surface area contributed by atoms with Gasteiger partial charge in [0.05, 0.1) is 0 Å². The first-order chi connectivity index (χ1) is 17.2. The van der Waals surface area contributed by atoms with Crippen molar-refractivity contribution in [1.82, 2.24) is 10.3 Å². The van der Waals surface area contributed by atoms with Crippen LogP contribution >= 0.6 is 0 Å². The number of rotatable bonds is 13. The van der Waals surface area contributed by atoms with Gasteiger partial charge in [-0.1, -0.05) is 60.7 Å². The molecule has 0 radical (unpaired) electrons. The average molecular weight is 501 g/mol. The first-order valence-corrected chi connectivity index (χ1v) is 11.0. The van der Waals surface area contributed by atoms with Crippen LogP contribution in [0.2, 0.25) is 0 Å². The molecule has 2 aromatic carbocycles. The molecule has 36 heavy (non-hydrogen) atoms. The molecule has 2 aromatic rings. The molecular weight excluding hydrogens is 472 g/mol. The van der Waals surface area contributed by atoms with Crippen LogP contribution in [0.15, 0.2) is 65.7 Å². The van der Waals surface area contributed by atoms with Gasteiger partial charge in [0.15, 0.2) is 17.0 Å². The number of aliphatic carboxylic acids is 1. The van der Waals surface area contributed by atoms with Crippen molar-refractivity contribution in [3.8, 4) is 0 Å². The summed E-state index contributed by atoms with van der Waals surface area (Å²) in [6, 6.07) is 13.9. The highest BCUT2D eigenvalue weighted by Gasteiger charge is 2.42. The normalized spacial score (nSPS) is 12.0. The number of carbonyl (C=O) groups is 3. The molecule has 0 heterocycles. The molecule has 0 saturated carbocycles. The molecule has 13 nitrogen and oxygen atoms in total. The topological polar surface area (TPSA) is 203 Å². The summed E-state index contributed by atoms with van der Waals surface area (Å²) in [4.78, 5) is 53.1. The number of alkyl carbamates (subject to hydrolysis) is 1. The molecule has 0 saturated heterocycles. The van der Waals surface area contributed by atoms with E-state index < -0.39 is 35.1 Å².